The van der Waals surface area contributed by atoms with Crippen LogP contribution in [0.25, 0.3) is 10.9 Å². The van der Waals surface area contributed by atoms with Crippen LogP contribution in [0.4, 0.5) is 4.39 Å². The normalized spacial score (nSPS) is 12.9. The SMILES string of the molecule is CNC[C@@H](O)[C@H](c1cccc(F)c1)n1ccc2cc(OCc3ccccc3)ccc21.Cl. The molecule has 0 bridgehead atoms. The van der Waals surface area contributed by atoms with E-state index in [1.54, 1.807) is 13.1 Å². The lowest BCUT2D eigenvalue weighted by Gasteiger charge is -2.26. The van der Waals surface area contributed by atoms with Crippen molar-refractivity contribution in [1.82, 2.24) is 9.88 Å². The molecule has 0 fully saturated rings. The Morgan fingerprint density at radius 2 is 1.81 bits per heavy atom. The van der Waals surface area contributed by atoms with Gasteiger partial charge in [-0.2, -0.15) is 0 Å². The second kappa shape index (κ2) is 10.4. The minimum absolute atomic E-state index is 0. The van der Waals surface area contributed by atoms with Crippen molar-refractivity contribution >= 4 is 23.3 Å². The van der Waals surface area contributed by atoms with Crippen molar-refractivity contribution in [2.24, 2.45) is 0 Å². The van der Waals surface area contributed by atoms with Crippen LogP contribution in [0.15, 0.2) is 85.1 Å². The largest absolute Gasteiger partial charge is 0.489 e. The average Bonchev–Trinajstić information content (AvgIpc) is 3.16. The second-order valence-corrected chi connectivity index (χ2v) is 7.34. The molecule has 162 valence electrons. The van der Waals surface area contributed by atoms with Gasteiger partial charge in [-0.3, -0.25) is 0 Å². The lowest BCUT2D eigenvalue weighted by atomic mass is 10.0. The Kier molecular flexibility index (Phi) is 7.69. The highest BCUT2D eigenvalue weighted by Gasteiger charge is 2.24. The molecule has 4 aromatic rings. The lowest BCUT2D eigenvalue weighted by Crippen LogP contribution is -2.33. The number of ether oxygens (including phenoxy) is 1. The van der Waals surface area contributed by atoms with Crippen LogP contribution in [0.1, 0.15) is 17.2 Å². The van der Waals surface area contributed by atoms with Crippen LogP contribution < -0.4 is 10.1 Å². The van der Waals surface area contributed by atoms with Crippen molar-refractivity contribution in [2.45, 2.75) is 18.8 Å². The first kappa shape index (κ1) is 22.8. The quantitative estimate of drug-likeness (QED) is 0.407. The summed E-state index contributed by atoms with van der Waals surface area (Å²) in [5, 5.41) is 14.8. The zero-order valence-electron chi connectivity index (χ0n) is 17.2. The van der Waals surface area contributed by atoms with Gasteiger partial charge in [0.05, 0.1) is 12.1 Å². The maximum absolute atomic E-state index is 13.9. The van der Waals surface area contributed by atoms with Crippen molar-refractivity contribution in [2.75, 3.05) is 13.6 Å². The van der Waals surface area contributed by atoms with E-state index < -0.39 is 12.1 Å². The summed E-state index contributed by atoms with van der Waals surface area (Å²) in [7, 11) is 1.79. The van der Waals surface area contributed by atoms with Gasteiger partial charge in [0, 0.05) is 23.6 Å². The summed E-state index contributed by atoms with van der Waals surface area (Å²) < 4.78 is 21.8. The number of nitrogens with zero attached hydrogens (tertiary/aromatic N) is 1. The summed E-state index contributed by atoms with van der Waals surface area (Å²) in [5.74, 6) is 0.462. The number of halogens is 2. The third-order valence-corrected chi connectivity index (χ3v) is 5.21. The Labute approximate surface area is 187 Å². The zero-order chi connectivity index (χ0) is 20.9. The molecule has 0 spiro atoms. The molecule has 3 aromatic carbocycles. The molecule has 0 unspecified atom stereocenters. The van der Waals surface area contributed by atoms with Gasteiger partial charge in [-0.15, -0.1) is 12.4 Å². The predicted octanol–water partition coefficient (Wildman–Crippen LogP) is 4.95. The first-order valence-electron chi connectivity index (χ1n) is 10.0. The summed E-state index contributed by atoms with van der Waals surface area (Å²) in [6, 6.07) is 23.9. The fourth-order valence-corrected chi connectivity index (χ4v) is 3.79. The Morgan fingerprint density at radius 3 is 2.55 bits per heavy atom. The number of fused-ring (bicyclic) bond motifs is 1. The Hall–Kier alpha value is -2.86. The molecule has 0 saturated heterocycles. The summed E-state index contributed by atoms with van der Waals surface area (Å²) in [6.45, 7) is 0.888. The van der Waals surface area contributed by atoms with Crippen LogP contribution in [0, 0.1) is 5.82 Å². The van der Waals surface area contributed by atoms with Crippen molar-refractivity contribution in [3.05, 3.63) is 102 Å². The van der Waals surface area contributed by atoms with Gasteiger partial charge in [0.2, 0.25) is 0 Å². The van der Waals surface area contributed by atoms with Gasteiger partial charge in [0.25, 0.3) is 0 Å². The van der Waals surface area contributed by atoms with Crippen LogP contribution >= 0.6 is 12.4 Å². The first-order valence-corrected chi connectivity index (χ1v) is 10.0. The third kappa shape index (κ3) is 5.25. The summed E-state index contributed by atoms with van der Waals surface area (Å²) in [4.78, 5) is 0. The van der Waals surface area contributed by atoms with E-state index in [-0.39, 0.29) is 18.2 Å². The first-order chi connectivity index (χ1) is 14.7. The van der Waals surface area contributed by atoms with E-state index in [9.17, 15) is 9.50 Å². The molecule has 0 radical (unpaired) electrons. The van der Waals surface area contributed by atoms with E-state index in [0.29, 0.717) is 13.2 Å². The number of aliphatic hydroxyl groups excluding tert-OH is 1. The predicted molar refractivity (Wildman–Crippen MR) is 124 cm³/mol. The van der Waals surface area contributed by atoms with E-state index in [1.165, 1.54) is 12.1 Å². The molecule has 2 atom stereocenters. The Balaban J connectivity index is 0.00000272. The molecule has 4 nitrogen and oxygen atoms in total. The maximum Gasteiger partial charge on any atom is 0.123 e. The van der Waals surface area contributed by atoms with Crippen LogP contribution in [0.2, 0.25) is 0 Å². The molecular weight excluding hydrogens is 415 g/mol. The number of likely N-dealkylation sites (N-methyl/N-ethyl adjacent to an activating group) is 1. The second-order valence-electron chi connectivity index (χ2n) is 7.34. The summed E-state index contributed by atoms with van der Waals surface area (Å²) in [6.07, 6.45) is 1.21. The molecule has 6 heteroatoms. The van der Waals surface area contributed by atoms with Gasteiger partial charge >= 0.3 is 0 Å². The van der Waals surface area contributed by atoms with Crippen LogP contribution in [-0.2, 0) is 6.61 Å². The van der Waals surface area contributed by atoms with Gasteiger partial charge in [0.15, 0.2) is 0 Å². The number of aliphatic hydroxyl groups is 1. The molecule has 0 saturated carbocycles. The molecule has 4 rings (SSSR count). The molecule has 1 heterocycles. The van der Waals surface area contributed by atoms with E-state index in [0.717, 1.165) is 27.8 Å². The van der Waals surface area contributed by atoms with Gasteiger partial charge in [-0.25, -0.2) is 4.39 Å². The highest BCUT2D eigenvalue weighted by atomic mass is 35.5. The summed E-state index contributed by atoms with van der Waals surface area (Å²) >= 11 is 0. The molecule has 0 amide bonds. The zero-order valence-corrected chi connectivity index (χ0v) is 18.1. The highest BCUT2D eigenvalue weighted by molar-refractivity contribution is 5.85. The minimum Gasteiger partial charge on any atom is -0.489 e. The maximum atomic E-state index is 13.9. The van der Waals surface area contributed by atoms with Crippen molar-refractivity contribution in [3.63, 3.8) is 0 Å². The van der Waals surface area contributed by atoms with E-state index in [1.807, 2.05) is 71.4 Å². The van der Waals surface area contributed by atoms with Gasteiger partial charge in [-0.1, -0.05) is 42.5 Å². The van der Waals surface area contributed by atoms with Crippen LogP contribution in [0.3, 0.4) is 0 Å². The van der Waals surface area contributed by atoms with Crippen LogP contribution in [0.5, 0.6) is 5.75 Å². The fourth-order valence-electron chi connectivity index (χ4n) is 3.79. The number of hydrogen-bond acceptors (Lipinski definition) is 3. The van der Waals surface area contributed by atoms with E-state index in [2.05, 4.69) is 5.32 Å². The van der Waals surface area contributed by atoms with Crippen LogP contribution in [-0.4, -0.2) is 29.4 Å². The third-order valence-electron chi connectivity index (χ3n) is 5.21. The number of rotatable bonds is 8. The smallest absolute Gasteiger partial charge is 0.123 e. The topological polar surface area (TPSA) is 46.4 Å². The number of aromatic nitrogens is 1. The molecule has 2 N–H and O–H groups in total. The van der Waals surface area contributed by atoms with Gasteiger partial charge in [0.1, 0.15) is 18.2 Å². The monoisotopic (exact) mass is 440 g/mol. The molecule has 0 aliphatic rings. The molecule has 0 aliphatic carbocycles. The standard InChI is InChI=1S/C25H25FN2O2.ClH/c1-27-16-24(29)25(20-8-5-9-21(26)14-20)28-13-12-19-15-22(10-11-23(19)28)30-17-18-6-3-2-4-7-18;/h2-15,24-25,27,29H,16-17H2,1H3;1H/t24-,25+;/m1./s1. The Morgan fingerprint density at radius 1 is 1.00 bits per heavy atom. The van der Waals surface area contributed by atoms with E-state index in [4.69, 9.17) is 4.74 Å². The number of benzene rings is 3. The molecule has 31 heavy (non-hydrogen) atoms. The minimum atomic E-state index is -0.721. The molecule has 0 aliphatic heterocycles. The number of hydrogen-bond donors (Lipinski definition) is 2. The van der Waals surface area contributed by atoms with Crippen molar-refractivity contribution in [3.8, 4) is 5.75 Å². The molecular formula is C25H26ClFN2O2. The van der Waals surface area contributed by atoms with Crippen molar-refractivity contribution in [1.29, 1.82) is 0 Å². The highest BCUT2D eigenvalue weighted by Crippen LogP contribution is 2.30. The number of nitrogens with one attached hydrogen (secondary N) is 1. The van der Waals surface area contributed by atoms with Gasteiger partial charge < -0.3 is 19.7 Å². The average molecular weight is 441 g/mol. The lowest BCUT2D eigenvalue weighted by molar-refractivity contribution is 0.132. The fraction of sp³-hybridized carbons (Fsp3) is 0.200. The summed E-state index contributed by atoms with van der Waals surface area (Å²) in [5.41, 5.74) is 2.78. The van der Waals surface area contributed by atoms with Gasteiger partial charge in [-0.05, 0) is 54.6 Å². The van der Waals surface area contributed by atoms with Crippen molar-refractivity contribution < 1.29 is 14.2 Å². The molecule has 1 aromatic heterocycles. The Bertz CT molecular complexity index is 1120. The van der Waals surface area contributed by atoms with E-state index >= 15 is 0 Å².